The van der Waals surface area contributed by atoms with Gasteiger partial charge in [0.25, 0.3) is 5.56 Å². The summed E-state index contributed by atoms with van der Waals surface area (Å²) in [6.07, 6.45) is 4.20. The van der Waals surface area contributed by atoms with Gasteiger partial charge in [0.1, 0.15) is 17.2 Å². The van der Waals surface area contributed by atoms with Gasteiger partial charge in [0.05, 0.1) is 22.3 Å². The Morgan fingerprint density at radius 2 is 1.79 bits per heavy atom. The van der Waals surface area contributed by atoms with Gasteiger partial charge in [-0.15, -0.1) is 0 Å². The molecule has 0 unspecified atom stereocenters. The second kappa shape index (κ2) is 11.5. The second-order valence-corrected chi connectivity index (χ2v) is 10.3. The molecule has 0 aliphatic heterocycles. The van der Waals surface area contributed by atoms with Crippen molar-refractivity contribution in [2.75, 3.05) is 17.6 Å². The van der Waals surface area contributed by atoms with Gasteiger partial charge in [0.2, 0.25) is 5.95 Å². The average Bonchev–Trinajstić information content (AvgIpc) is 2.85. The molecule has 0 saturated heterocycles. The fourth-order valence-electron chi connectivity index (χ4n) is 4.33. The molecule has 9 nitrogen and oxygen atoms in total. The minimum Gasteiger partial charge on any atom is -0.457 e. The van der Waals surface area contributed by atoms with E-state index in [0.29, 0.717) is 53.2 Å². The normalized spacial score (nSPS) is 11.7. The van der Waals surface area contributed by atoms with Gasteiger partial charge in [-0.2, -0.15) is 4.98 Å². The Balaban J connectivity index is 1.56. The van der Waals surface area contributed by atoms with Crippen LogP contribution in [-0.4, -0.2) is 37.6 Å². The zero-order chi connectivity index (χ0) is 28.2. The van der Waals surface area contributed by atoms with E-state index in [-0.39, 0.29) is 11.5 Å². The number of benzene rings is 2. The van der Waals surface area contributed by atoms with E-state index in [0.717, 1.165) is 11.3 Å². The van der Waals surface area contributed by atoms with Crippen LogP contribution in [-0.2, 0) is 16.0 Å². The molecule has 2 aromatic heterocycles. The molecule has 0 spiro atoms. The van der Waals surface area contributed by atoms with Crippen molar-refractivity contribution in [2.24, 2.45) is 0 Å². The minimum atomic E-state index is -0.592. The number of hydrogen-bond acceptors (Lipinski definition) is 8. The van der Waals surface area contributed by atoms with Crippen LogP contribution in [0.5, 0.6) is 0 Å². The number of carbonyl (C=O) groups is 1. The number of rotatable bonds is 8. The summed E-state index contributed by atoms with van der Waals surface area (Å²) in [5.41, 5.74) is 8.86. The first kappa shape index (κ1) is 27.5. The maximum absolute atomic E-state index is 13.6. The summed E-state index contributed by atoms with van der Waals surface area (Å²) in [5, 5.41) is 3.93. The molecule has 202 valence electrons. The molecular weight excluding hydrogens is 492 g/mol. The number of anilines is 2. The van der Waals surface area contributed by atoms with E-state index >= 15 is 0 Å². The Labute approximate surface area is 227 Å². The number of fused-ring (bicyclic) bond motifs is 1. The first-order chi connectivity index (χ1) is 18.5. The number of esters is 1. The molecular formula is C30H34N6O3. The van der Waals surface area contributed by atoms with Crippen LogP contribution in [0.4, 0.5) is 11.8 Å². The van der Waals surface area contributed by atoms with E-state index in [2.05, 4.69) is 15.3 Å². The number of para-hydroxylation sites is 1. The number of nitrogens with one attached hydrogen (secondary N) is 1. The molecule has 3 N–H and O–H groups in total. The van der Waals surface area contributed by atoms with Crippen LogP contribution < -0.4 is 16.6 Å². The molecule has 0 aliphatic carbocycles. The van der Waals surface area contributed by atoms with E-state index < -0.39 is 11.6 Å². The van der Waals surface area contributed by atoms with Crippen molar-refractivity contribution in [3.63, 3.8) is 0 Å². The third kappa shape index (κ3) is 6.67. The van der Waals surface area contributed by atoms with Gasteiger partial charge in [0, 0.05) is 24.6 Å². The van der Waals surface area contributed by atoms with Gasteiger partial charge in [-0.05, 0) is 70.9 Å². The summed E-state index contributed by atoms with van der Waals surface area (Å²) in [6.45, 7) is 9.69. The SMILES string of the molecule is Cc1nc(N)nc(NCCCc2nc3cccc(C)c3c(=O)n2-c2ccccc2)c1/C=C/C(=O)OC(C)(C)C. The predicted molar refractivity (Wildman–Crippen MR) is 155 cm³/mol. The molecule has 2 aromatic carbocycles. The Bertz CT molecular complexity index is 1590. The number of aryl methyl sites for hydroxylation is 3. The third-order valence-electron chi connectivity index (χ3n) is 6.01. The van der Waals surface area contributed by atoms with E-state index in [1.165, 1.54) is 6.08 Å². The maximum Gasteiger partial charge on any atom is 0.331 e. The Kier molecular flexibility index (Phi) is 8.09. The van der Waals surface area contributed by atoms with Gasteiger partial charge >= 0.3 is 5.97 Å². The van der Waals surface area contributed by atoms with Crippen molar-refractivity contribution >= 4 is 34.7 Å². The van der Waals surface area contributed by atoms with Crippen LogP contribution in [0.2, 0.25) is 0 Å². The van der Waals surface area contributed by atoms with Gasteiger partial charge in [-0.3, -0.25) is 9.36 Å². The molecule has 0 atom stereocenters. The van der Waals surface area contributed by atoms with Crippen LogP contribution >= 0.6 is 0 Å². The van der Waals surface area contributed by atoms with E-state index in [1.807, 2.05) is 76.2 Å². The third-order valence-corrected chi connectivity index (χ3v) is 6.01. The van der Waals surface area contributed by atoms with Crippen molar-refractivity contribution in [2.45, 2.75) is 53.1 Å². The lowest BCUT2D eigenvalue weighted by atomic mass is 10.1. The van der Waals surface area contributed by atoms with E-state index in [1.54, 1.807) is 17.6 Å². The number of nitrogens with two attached hydrogens (primary N) is 1. The number of nitrogens with zero attached hydrogens (tertiary/aromatic N) is 4. The highest BCUT2D eigenvalue weighted by Crippen LogP contribution is 2.21. The summed E-state index contributed by atoms with van der Waals surface area (Å²) >= 11 is 0. The Morgan fingerprint density at radius 3 is 2.51 bits per heavy atom. The first-order valence-corrected chi connectivity index (χ1v) is 12.9. The van der Waals surface area contributed by atoms with Gasteiger partial charge < -0.3 is 15.8 Å². The maximum atomic E-state index is 13.6. The monoisotopic (exact) mass is 526 g/mol. The summed E-state index contributed by atoms with van der Waals surface area (Å²) in [6, 6.07) is 15.3. The molecule has 0 amide bonds. The molecule has 2 heterocycles. The van der Waals surface area contributed by atoms with Crippen molar-refractivity contribution in [1.82, 2.24) is 19.5 Å². The highest BCUT2D eigenvalue weighted by Gasteiger charge is 2.16. The lowest BCUT2D eigenvalue weighted by Crippen LogP contribution is -2.25. The number of nitrogen functional groups attached to an aromatic ring is 1. The molecule has 0 bridgehead atoms. The van der Waals surface area contributed by atoms with Crippen LogP contribution in [0.1, 0.15) is 49.8 Å². The minimum absolute atomic E-state index is 0.0824. The van der Waals surface area contributed by atoms with Gasteiger partial charge in [-0.1, -0.05) is 30.3 Å². The van der Waals surface area contributed by atoms with Crippen LogP contribution in [0, 0.1) is 13.8 Å². The zero-order valence-corrected chi connectivity index (χ0v) is 23.0. The van der Waals surface area contributed by atoms with E-state index in [4.69, 9.17) is 15.5 Å². The molecule has 4 rings (SSSR count). The number of carbonyl (C=O) groups excluding carboxylic acids is 1. The average molecular weight is 527 g/mol. The van der Waals surface area contributed by atoms with Gasteiger partial charge in [-0.25, -0.2) is 14.8 Å². The zero-order valence-electron chi connectivity index (χ0n) is 23.0. The molecule has 9 heteroatoms. The lowest BCUT2D eigenvalue weighted by molar-refractivity contribution is -0.148. The quantitative estimate of drug-likeness (QED) is 0.191. The van der Waals surface area contributed by atoms with Crippen LogP contribution in [0.15, 0.2) is 59.4 Å². The summed E-state index contributed by atoms with van der Waals surface area (Å²) in [5.74, 6) is 0.868. The summed E-state index contributed by atoms with van der Waals surface area (Å²) in [4.78, 5) is 39.2. The predicted octanol–water partition coefficient (Wildman–Crippen LogP) is 4.77. The number of ether oxygens (including phenoxy) is 1. The standard InChI is InChI=1S/C30H34N6O3/c1-19-11-9-14-23-26(19)28(38)36(21-12-7-6-8-13-21)24(34-23)15-10-18-32-27-22(20(2)33-29(31)35-27)16-17-25(37)39-30(3,4)5/h6-9,11-14,16-17H,10,15,18H2,1-5H3,(H3,31,32,33,35)/b17-16+. The summed E-state index contributed by atoms with van der Waals surface area (Å²) in [7, 11) is 0. The Morgan fingerprint density at radius 1 is 1.05 bits per heavy atom. The number of aromatic nitrogens is 4. The molecule has 0 fully saturated rings. The highest BCUT2D eigenvalue weighted by atomic mass is 16.6. The summed E-state index contributed by atoms with van der Waals surface area (Å²) < 4.78 is 7.05. The van der Waals surface area contributed by atoms with Crippen molar-refractivity contribution in [3.05, 3.63) is 87.6 Å². The van der Waals surface area contributed by atoms with Crippen molar-refractivity contribution in [3.8, 4) is 5.69 Å². The second-order valence-electron chi connectivity index (χ2n) is 10.3. The van der Waals surface area contributed by atoms with Crippen LogP contribution in [0.25, 0.3) is 22.7 Å². The fourth-order valence-corrected chi connectivity index (χ4v) is 4.33. The number of hydrogen-bond donors (Lipinski definition) is 2. The lowest BCUT2D eigenvalue weighted by Gasteiger charge is -2.18. The first-order valence-electron chi connectivity index (χ1n) is 12.9. The van der Waals surface area contributed by atoms with Crippen molar-refractivity contribution in [1.29, 1.82) is 0 Å². The topological polar surface area (TPSA) is 125 Å². The fraction of sp³-hybridized carbons (Fsp3) is 0.300. The van der Waals surface area contributed by atoms with E-state index in [9.17, 15) is 9.59 Å². The molecule has 0 radical (unpaired) electrons. The highest BCUT2D eigenvalue weighted by molar-refractivity contribution is 5.88. The molecule has 39 heavy (non-hydrogen) atoms. The Hall–Kier alpha value is -4.53. The van der Waals surface area contributed by atoms with Crippen LogP contribution in [0.3, 0.4) is 0 Å². The molecule has 4 aromatic rings. The van der Waals surface area contributed by atoms with Crippen molar-refractivity contribution < 1.29 is 9.53 Å². The largest absolute Gasteiger partial charge is 0.457 e. The smallest absolute Gasteiger partial charge is 0.331 e. The molecule has 0 aliphatic rings. The van der Waals surface area contributed by atoms with Gasteiger partial charge in [0.15, 0.2) is 0 Å². The molecule has 0 saturated carbocycles.